The lowest BCUT2D eigenvalue weighted by molar-refractivity contribution is -0.122. The molecule has 0 aromatic heterocycles. The van der Waals surface area contributed by atoms with Crippen LogP contribution in [0.2, 0.25) is 0 Å². The van der Waals surface area contributed by atoms with Crippen LogP contribution in [0.25, 0.3) is 0 Å². The van der Waals surface area contributed by atoms with E-state index in [9.17, 15) is 10.1 Å². The predicted octanol–water partition coefficient (Wildman–Crippen LogP) is 3.00. The van der Waals surface area contributed by atoms with Crippen LogP contribution in [0.15, 0.2) is 0 Å². The van der Waals surface area contributed by atoms with E-state index >= 15 is 0 Å². The van der Waals surface area contributed by atoms with Crippen molar-refractivity contribution in [1.82, 2.24) is 5.32 Å². The molecule has 1 saturated carbocycles. The van der Waals surface area contributed by atoms with Gasteiger partial charge in [-0.15, -0.1) is 11.8 Å². The molecule has 1 unspecified atom stereocenters. The standard InChI is InChI=1S/C14H22N2OS/c15-11-14(8-4-2-1-3-5-9-14)16-13(17)12-7-6-10-18-12/h12H,1-10H2,(H,16,17). The Morgan fingerprint density at radius 3 is 2.39 bits per heavy atom. The second-order valence-corrected chi connectivity index (χ2v) is 6.76. The minimum atomic E-state index is -0.583. The Labute approximate surface area is 114 Å². The highest BCUT2D eigenvalue weighted by atomic mass is 32.2. The summed E-state index contributed by atoms with van der Waals surface area (Å²) in [6.45, 7) is 0. The molecule has 2 fully saturated rings. The topological polar surface area (TPSA) is 52.9 Å². The molecule has 1 aliphatic heterocycles. The maximum absolute atomic E-state index is 12.2. The van der Waals surface area contributed by atoms with Crippen molar-refractivity contribution in [3.05, 3.63) is 0 Å². The molecule has 2 aliphatic rings. The third-order valence-corrected chi connectivity index (χ3v) is 5.38. The van der Waals surface area contributed by atoms with Crippen LogP contribution in [-0.2, 0) is 4.79 Å². The van der Waals surface area contributed by atoms with Crippen molar-refractivity contribution < 1.29 is 4.79 Å². The van der Waals surface area contributed by atoms with Crippen LogP contribution in [0.4, 0.5) is 0 Å². The van der Waals surface area contributed by atoms with Gasteiger partial charge in [-0.2, -0.15) is 5.26 Å². The first kappa shape index (κ1) is 13.7. The number of hydrogen-bond donors (Lipinski definition) is 1. The van der Waals surface area contributed by atoms with Crippen molar-refractivity contribution in [2.24, 2.45) is 0 Å². The number of nitriles is 1. The van der Waals surface area contributed by atoms with Gasteiger partial charge in [-0.1, -0.05) is 32.1 Å². The molecule has 0 aromatic rings. The van der Waals surface area contributed by atoms with Gasteiger partial charge in [0.2, 0.25) is 5.91 Å². The zero-order valence-corrected chi connectivity index (χ0v) is 11.7. The molecule has 0 radical (unpaired) electrons. The van der Waals surface area contributed by atoms with E-state index in [0.29, 0.717) is 0 Å². The van der Waals surface area contributed by atoms with Crippen molar-refractivity contribution in [1.29, 1.82) is 5.26 Å². The maximum Gasteiger partial charge on any atom is 0.234 e. The highest BCUT2D eigenvalue weighted by molar-refractivity contribution is 8.00. The molecule has 1 saturated heterocycles. The first-order valence-corrected chi connectivity index (χ1v) is 8.15. The average Bonchev–Trinajstić information content (AvgIpc) is 2.86. The number of thioether (sulfide) groups is 1. The summed E-state index contributed by atoms with van der Waals surface area (Å²) >= 11 is 1.74. The molecule has 1 amide bonds. The highest BCUT2D eigenvalue weighted by Crippen LogP contribution is 2.29. The van der Waals surface area contributed by atoms with Gasteiger partial charge in [0.05, 0.1) is 11.3 Å². The maximum atomic E-state index is 12.2. The van der Waals surface area contributed by atoms with E-state index in [2.05, 4.69) is 11.4 Å². The number of carbonyl (C=O) groups excluding carboxylic acids is 1. The van der Waals surface area contributed by atoms with Crippen molar-refractivity contribution in [2.75, 3.05) is 5.75 Å². The van der Waals surface area contributed by atoms with Crippen molar-refractivity contribution in [3.8, 4) is 6.07 Å². The number of amides is 1. The van der Waals surface area contributed by atoms with Crippen LogP contribution in [0.5, 0.6) is 0 Å². The minimum absolute atomic E-state index is 0.0839. The van der Waals surface area contributed by atoms with E-state index in [-0.39, 0.29) is 11.2 Å². The van der Waals surface area contributed by atoms with Gasteiger partial charge in [0.1, 0.15) is 5.54 Å². The van der Waals surface area contributed by atoms with Crippen LogP contribution < -0.4 is 5.32 Å². The van der Waals surface area contributed by atoms with Gasteiger partial charge in [-0.3, -0.25) is 4.79 Å². The van der Waals surface area contributed by atoms with Gasteiger partial charge >= 0.3 is 0 Å². The summed E-state index contributed by atoms with van der Waals surface area (Å²) < 4.78 is 0. The molecule has 1 heterocycles. The summed E-state index contributed by atoms with van der Waals surface area (Å²) in [5.41, 5.74) is -0.583. The van der Waals surface area contributed by atoms with Gasteiger partial charge in [0.15, 0.2) is 0 Å². The summed E-state index contributed by atoms with van der Waals surface area (Å²) in [7, 11) is 0. The summed E-state index contributed by atoms with van der Waals surface area (Å²) in [6.07, 6.45) is 9.53. The van der Waals surface area contributed by atoms with Gasteiger partial charge in [-0.25, -0.2) is 0 Å². The second-order valence-electron chi connectivity index (χ2n) is 5.45. The van der Waals surface area contributed by atoms with Crippen LogP contribution in [0.1, 0.15) is 57.8 Å². The Hall–Kier alpha value is -0.690. The van der Waals surface area contributed by atoms with E-state index in [4.69, 9.17) is 0 Å². The van der Waals surface area contributed by atoms with Gasteiger partial charge < -0.3 is 5.32 Å². The molecule has 1 N–H and O–H groups in total. The molecule has 4 heteroatoms. The average molecular weight is 266 g/mol. The Bertz CT molecular complexity index is 323. The van der Waals surface area contributed by atoms with E-state index in [0.717, 1.165) is 44.3 Å². The number of rotatable bonds is 2. The number of nitrogens with zero attached hydrogens (tertiary/aromatic N) is 1. The normalized spacial score (nSPS) is 27.8. The molecule has 2 rings (SSSR count). The third kappa shape index (κ3) is 3.41. The molecule has 0 bridgehead atoms. The van der Waals surface area contributed by atoms with E-state index in [1.54, 1.807) is 11.8 Å². The molecule has 0 spiro atoms. The predicted molar refractivity (Wildman–Crippen MR) is 74.3 cm³/mol. The largest absolute Gasteiger partial charge is 0.337 e. The number of nitrogens with one attached hydrogen (secondary N) is 1. The van der Waals surface area contributed by atoms with E-state index < -0.39 is 5.54 Å². The minimum Gasteiger partial charge on any atom is -0.337 e. The Morgan fingerprint density at radius 1 is 1.17 bits per heavy atom. The molecule has 100 valence electrons. The van der Waals surface area contributed by atoms with Crippen LogP contribution in [0, 0.1) is 11.3 Å². The molecule has 0 aromatic carbocycles. The van der Waals surface area contributed by atoms with Gasteiger partial charge in [0.25, 0.3) is 0 Å². The zero-order chi connectivity index (χ0) is 12.8. The lowest BCUT2D eigenvalue weighted by Gasteiger charge is -2.30. The fourth-order valence-electron chi connectivity index (χ4n) is 2.87. The highest BCUT2D eigenvalue weighted by Gasteiger charge is 2.35. The first-order valence-electron chi connectivity index (χ1n) is 7.11. The molecule has 3 nitrogen and oxygen atoms in total. The fraction of sp³-hybridized carbons (Fsp3) is 0.857. The van der Waals surface area contributed by atoms with Crippen LogP contribution >= 0.6 is 11.8 Å². The van der Waals surface area contributed by atoms with Crippen LogP contribution in [0.3, 0.4) is 0 Å². The third-order valence-electron chi connectivity index (χ3n) is 4.01. The van der Waals surface area contributed by atoms with Gasteiger partial charge in [0, 0.05) is 0 Å². The Kier molecular flexibility index (Phi) is 4.94. The Balaban J connectivity index is 1.97. The number of hydrogen-bond acceptors (Lipinski definition) is 3. The zero-order valence-electron chi connectivity index (χ0n) is 10.9. The van der Waals surface area contributed by atoms with Crippen molar-refractivity contribution in [3.63, 3.8) is 0 Å². The monoisotopic (exact) mass is 266 g/mol. The van der Waals surface area contributed by atoms with E-state index in [1.807, 2.05) is 0 Å². The molecule has 1 aliphatic carbocycles. The number of carbonyl (C=O) groups is 1. The molecular formula is C14H22N2OS. The summed E-state index contributed by atoms with van der Waals surface area (Å²) in [5, 5.41) is 12.6. The summed E-state index contributed by atoms with van der Waals surface area (Å²) in [6, 6.07) is 2.40. The lowest BCUT2D eigenvalue weighted by atomic mass is 9.85. The van der Waals surface area contributed by atoms with Crippen molar-refractivity contribution in [2.45, 2.75) is 68.6 Å². The molecular weight excluding hydrogens is 244 g/mol. The molecule has 18 heavy (non-hydrogen) atoms. The van der Waals surface area contributed by atoms with Gasteiger partial charge in [-0.05, 0) is 31.4 Å². The first-order chi connectivity index (χ1) is 8.76. The Morgan fingerprint density at radius 2 is 1.83 bits per heavy atom. The quantitative estimate of drug-likeness (QED) is 0.836. The van der Waals surface area contributed by atoms with E-state index in [1.165, 1.54) is 19.3 Å². The summed E-state index contributed by atoms with van der Waals surface area (Å²) in [5.74, 6) is 1.18. The molecule has 1 atom stereocenters. The smallest absolute Gasteiger partial charge is 0.234 e. The second kappa shape index (κ2) is 6.47. The lowest BCUT2D eigenvalue weighted by Crippen LogP contribution is -2.50. The van der Waals surface area contributed by atoms with Crippen molar-refractivity contribution >= 4 is 17.7 Å². The van der Waals surface area contributed by atoms with Crippen LogP contribution in [-0.4, -0.2) is 22.4 Å². The SMILES string of the molecule is N#CC1(NC(=O)C2CCCS2)CCCCCCC1. The summed E-state index contributed by atoms with van der Waals surface area (Å²) in [4.78, 5) is 12.2. The fourth-order valence-corrected chi connectivity index (χ4v) is 4.04.